The first-order valence-electron chi connectivity index (χ1n) is 9.53. The van der Waals surface area contributed by atoms with Crippen LogP contribution >= 0.6 is 22.6 Å². The second-order valence-electron chi connectivity index (χ2n) is 6.77. The number of urea groups is 1. The summed E-state index contributed by atoms with van der Waals surface area (Å²) >= 11 is 2.17. The molecule has 31 heavy (non-hydrogen) atoms. The summed E-state index contributed by atoms with van der Waals surface area (Å²) in [6, 6.07) is 21.8. The normalized spacial score (nSPS) is 14.6. The zero-order valence-corrected chi connectivity index (χ0v) is 18.8. The van der Waals surface area contributed by atoms with E-state index < -0.39 is 11.9 Å². The van der Waals surface area contributed by atoms with E-state index in [-0.39, 0.29) is 5.70 Å². The smallest absolute Gasteiger partial charge is 0.333 e. The lowest BCUT2D eigenvalue weighted by atomic mass is 10.1. The fourth-order valence-corrected chi connectivity index (χ4v) is 3.99. The Morgan fingerprint density at radius 1 is 1.00 bits per heavy atom. The van der Waals surface area contributed by atoms with Crippen molar-refractivity contribution in [3.05, 3.63) is 93.2 Å². The van der Waals surface area contributed by atoms with Crippen LogP contribution in [0.15, 0.2) is 78.5 Å². The number of halogens is 1. The number of nitrogens with zero attached hydrogens (tertiary/aromatic N) is 1. The predicted molar refractivity (Wildman–Crippen MR) is 127 cm³/mol. The highest BCUT2D eigenvalue weighted by Gasteiger charge is 2.34. The summed E-state index contributed by atoms with van der Waals surface area (Å²) in [4.78, 5) is 26.3. The fourth-order valence-electron chi connectivity index (χ4n) is 3.21. The number of hydrogen-bond acceptors (Lipinski definition) is 4. The number of ether oxygens (including phenoxy) is 2. The summed E-state index contributed by atoms with van der Waals surface area (Å²) in [5.74, 6) is 0.766. The van der Waals surface area contributed by atoms with Gasteiger partial charge in [0.2, 0.25) is 0 Å². The van der Waals surface area contributed by atoms with E-state index in [2.05, 4.69) is 27.9 Å². The molecule has 0 bridgehead atoms. The molecule has 3 aromatic rings. The van der Waals surface area contributed by atoms with Gasteiger partial charge in [-0.1, -0.05) is 48.5 Å². The number of carbonyl (C=O) groups excluding carboxylic acids is 2. The molecule has 156 valence electrons. The quantitative estimate of drug-likeness (QED) is 0.280. The van der Waals surface area contributed by atoms with Crippen LogP contribution in [0.25, 0.3) is 6.08 Å². The Morgan fingerprint density at radius 2 is 1.68 bits per heavy atom. The lowest BCUT2D eigenvalue weighted by molar-refractivity contribution is -0.113. The number of para-hydroxylation sites is 1. The number of imide groups is 1. The average Bonchev–Trinajstić information content (AvgIpc) is 3.06. The third-order valence-corrected chi connectivity index (χ3v) is 5.48. The summed E-state index contributed by atoms with van der Waals surface area (Å²) in [7, 11) is 1.57. The molecule has 1 fully saturated rings. The van der Waals surface area contributed by atoms with Crippen molar-refractivity contribution in [3.8, 4) is 11.5 Å². The van der Waals surface area contributed by atoms with Crippen LogP contribution in [-0.4, -0.2) is 19.0 Å². The lowest BCUT2D eigenvalue weighted by Crippen LogP contribution is -2.30. The summed E-state index contributed by atoms with van der Waals surface area (Å²) in [5.41, 5.74) is 2.48. The van der Waals surface area contributed by atoms with Crippen LogP contribution in [0.4, 0.5) is 10.5 Å². The van der Waals surface area contributed by atoms with Crippen LogP contribution < -0.4 is 19.7 Å². The Balaban J connectivity index is 1.59. The second-order valence-corrected chi connectivity index (χ2v) is 7.93. The van der Waals surface area contributed by atoms with Gasteiger partial charge < -0.3 is 14.8 Å². The maximum Gasteiger partial charge on any atom is 0.333 e. The average molecular weight is 526 g/mol. The molecule has 0 atom stereocenters. The molecule has 0 radical (unpaired) electrons. The van der Waals surface area contributed by atoms with Crippen LogP contribution in [0.1, 0.15) is 11.1 Å². The van der Waals surface area contributed by atoms with Crippen LogP contribution in [0.5, 0.6) is 11.5 Å². The summed E-state index contributed by atoms with van der Waals surface area (Å²) in [6.07, 6.45) is 1.63. The van der Waals surface area contributed by atoms with Crippen LogP contribution in [-0.2, 0) is 11.4 Å². The molecule has 1 aliphatic heterocycles. The fraction of sp³-hybridized carbons (Fsp3) is 0.0833. The molecule has 3 aromatic carbocycles. The van der Waals surface area contributed by atoms with Crippen molar-refractivity contribution in [1.82, 2.24) is 5.32 Å². The number of benzene rings is 3. The number of rotatable bonds is 6. The van der Waals surface area contributed by atoms with E-state index in [9.17, 15) is 9.59 Å². The van der Waals surface area contributed by atoms with E-state index in [1.807, 2.05) is 42.5 Å². The van der Waals surface area contributed by atoms with Crippen LogP contribution in [0.2, 0.25) is 0 Å². The molecule has 0 saturated carbocycles. The molecule has 7 heteroatoms. The number of amides is 3. The molecule has 1 aliphatic rings. The highest BCUT2D eigenvalue weighted by molar-refractivity contribution is 14.1. The summed E-state index contributed by atoms with van der Waals surface area (Å²) < 4.78 is 12.3. The van der Waals surface area contributed by atoms with E-state index in [0.29, 0.717) is 29.4 Å². The van der Waals surface area contributed by atoms with Crippen molar-refractivity contribution < 1.29 is 19.1 Å². The first kappa shape index (κ1) is 20.9. The second kappa shape index (κ2) is 9.22. The van der Waals surface area contributed by atoms with Gasteiger partial charge in [-0.2, -0.15) is 0 Å². The first-order chi connectivity index (χ1) is 15.1. The Hall–Kier alpha value is -3.33. The highest BCUT2D eigenvalue weighted by Crippen LogP contribution is 2.35. The molecule has 0 unspecified atom stereocenters. The van der Waals surface area contributed by atoms with Gasteiger partial charge in [0.15, 0.2) is 11.5 Å². The molecule has 3 amide bonds. The maximum absolute atomic E-state index is 12.8. The number of hydrogen-bond donors (Lipinski definition) is 1. The van der Waals surface area contributed by atoms with E-state index in [4.69, 9.17) is 9.47 Å². The van der Waals surface area contributed by atoms with E-state index in [1.165, 1.54) is 0 Å². The third kappa shape index (κ3) is 4.56. The zero-order chi connectivity index (χ0) is 21.8. The van der Waals surface area contributed by atoms with E-state index in [1.54, 1.807) is 43.5 Å². The van der Waals surface area contributed by atoms with Gasteiger partial charge >= 0.3 is 6.03 Å². The number of methoxy groups -OCH3 is 1. The molecule has 4 rings (SSSR count). The van der Waals surface area contributed by atoms with Gasteiger partial charge in [-0.25, -0.2) is 9.69 Å². The molecule has 6 nitrogen and oxygen atoms in total. The van der Waals surface area contributed by atoms with Gasteiger partial charge in [0, 0.05) is 0 Å². The van der Waals surface area contributed by atoms with Crippen molar-refractivity contribution in [3.63, 3.8) is 0 Å². The lowest BCUT2D eigenvalue weighted by Gasteiger charge is -2.14. The van der Waals surface area contributed by atoms with Gasteiger partial charge in [-0.3, -0.25) is 4.79 Å². The SMILES string of the molecule is COc1cc(/C=C2/NC(=O)N(c3ccccc3)C2=O)cc(I)c1OCc1ccccc1. The minimum absolute atomic E-state index is 0.199. The van der Waals surface area contributed by atoms with Crippen molar-refractivity contribution in [2.45, 2.75) is 6.61 Å². The molecule has 1 N–H and O–H groups in total. The Morgan fingerprint density at radius 3 is 2.35 bits per heavy atom. The molecule has 0 spiro atoms. The number of nitrogens with one attached hydrogen (secondary N) is 1. The Labute approximate surface area is 193 Å². The van der Waals surface area contributed by atoms with Crippen molar-refractivity contribution in [2.75, 3.05) is 12.0 Å². The summed E-state index contributed by atoms with van der Waals surface area (Å²) in [5, 5.41) is 2.64. The molecule has 1 saturated heterocycles. The van der Waals surface area contributed by atoms with Gasteiger partial charge in [0.05, 0.1) is 16.4 Å². The van der Waals surface area contributed by atoms with Gasteiger partial charge in [-0.15, -0.1) is 0 Å². The van der Waals surface area contributed by atoms with E-state index >= 15 is 0 Å². The molecular formula is C24H19IN2O4. The largest absolute Gasteiger partial charge is 0.493 e. The van der Waals surface area contributed by atoms with Crippen molar-refractivity contribution in [1.29, 1.82) is 0 Å². The number of carbonyl (C=O) groups is 2. The minimum atomic E-state index is -0.480. The predicted octanol–water partition coefficient (Wildman–Crippen LogP) is 4.98. The molecule has 0 aliphatic carbocycles. The molecule has 0 aromatic heterocycles. The molecule has 1 heterocycles. The number of anilines is 1. The van der Waals surface area contributed by atoms with Crippen LogP contribution in [0, 0.1) is 3.57 Å². The summed E-state index contributed by atoms with van der Waals surface area (Å²) in [6.45, 7) is 0.411. The monoisotopic (exact) mass is 526 g/mol. The molecular weight excluding hydrogens is 507 g/mol. The topological polar surface area (TPSA) is 67.9 Å². The van der Waals surface area contributed by atoms with Crippen molar-refractivity contribution >= 4 is 46.3 Å². The van der Waals surface area contributed by atoms with Crippen LogP contribution in [0.3, 0.4) is 0 Å². The highest BCUT2D eigenvalue weighted by atomic mass is 127. The third-order valence-electron chi connectivity index (χ3n) is 4.68. The Bertz CT molecular complexity index is 1150. The first-order valence-corrected chi connectivity index (χ1v) is 10.6. The van der Waals surface area contributed by atoms with E-state index in [0.717, 1.165) is 14.0 Å². The zero-order valence-electron chi connectivity index (χ0n) is 16.7. The Kier molecular flexibility index (Phi) is 6.22. The standard InChI is InChI=1S/C24H19IN2O4/c1-30-21-14-17(12-19(25)22(21)31-15-16-8-4-2-5-9-16)13-20-23(28)27(24(29)26-20)18-10-6-3-7-11-18/h2-14H,15H2,1H3,(H,26,29)/b20-13+. The van der Waals surface area contributed by atoms with Gasteiger partial charge in [0.25, 0.3) is 5.91 Å². The van der Waals surface area contributed by atoms with Crippen molar-refractivity contribution in [2.24, 2.45) is 0 Å². The minimum Gasteiger partial charge on any atom is -0.493 e. The van der Waals surface area contributed by atoms with Gasteiger partial charge in [0.1, 0.15) is 12.3 Å². The van der Waals surface area contributed by atoms with Gasteiger partial charge in [-0.05, 0) is 64.1 Å². The maximum atomic E-state index is 12.8.